The van der Waals surface area contributed by atoms with E-state index in [0.29, 0.717) is 27.3 Å². The van der Waals surface area contributed by atoms with Gasteiger partial charge >= 0.3 is 0 Å². The van der Waals surface area contributed by atoms with Crippen LogP contribution in [0, 0.1) is 0 Å². The second-order valence-corrected chi connectivity index (χ2v) is 10.0. The van der Waals surface area contributed by atoms with Gasteiger partial charge in [-0.2, -0.15) is 0 Å². The van der Waals surface area contributed by atoms with Gasteiger partial charge in [0.1, 0.15) is 10.6 Å². The van der Waals surface area contributed by atoms with E-state index in [-0.39, 0.29) is 15.6 Å². The van der Waals surface area contributed by atoms with Crippen molar-refractivity contribution in [2.45, 2.75) is 24.7 Å². The Morgan fingerprint density at radius 3 is 2.09 bits per heavy atom. The number of thioether (sulfide) groups is 1. The number of carbonyl (C=O) groups excluding carboxylic acids is 2. The first kappa shape index (κ1) is 23.7. The van der Waals surface area contributed by atoms with Crippen molar-refractivity contribution in [2.24, 2.45) is 0 Å². The molecule has 2 amide bonds. The van der Waals surface area contributed by atoms with E-state index >= 15 is 0 Å². The number of nitrogens with one attached hydrogen (secondary N) is 1. The molecule has 0 saturated carbocycles. The number of hydrogen-bond acceptors (Lipinski definition) is 4. The second kappa shape index (κ2) is 9.82. The summed E-state index contributed by atoms with van der Waals surface area (Å²) in [6, 6.07) is 19.5. The van der Waals surface area contributed by atoms with Gasteiger partial charge in [0.05, 0.1) is 15.7 Å². The zero-order chi connectivity index (χ0) is 23.7. The lowest BCUT2D eigenvalue weighted by Crippen LogP contribution is -2.32. The van der Waals surface area contributed by atoms with Gasteiger partial charge in [-0.15, -0.1) is 0 Å². The van der Waals surface area contributed by atoms with E-state index in [1.165, 1.54) is 23.4 Å². The van der Waals surface area contributed by atoms with Crippen molar-refractivity contribution >= 4 is 69.8 Å². The third kappa shape index (κ3) is 5.07. The molecule has 0 saturated heterocycles. The van der Waals surface area contributed by atoms with Crippen LogP contribution in [0.25, 0.3) is 0 Å². The molecule has 0 spiro atoms. The van der Waals surface area contributed by atoms with Gasteiger partial charge in [0, 0.05) is 15.6 Å². The Morgan fingerprint density at radius 1 is 0.818 bits per heavy atom. The highest BCUT2D eigenvalue weighted by Crippen LogP contribution is 2.39. The highest BCUT2D eigenvalue weighted by molar-refractivity contribution is 8.04. The van der Waals surface area contributed by atoms with Crippen molar-refractivity contribution in [3.05, 3.63) is 98.0 Å². The highest BCUT2D eigenvalue weighted by atomic mass is 35.5. The van der Waals surface area contributed by atoms with E-state index in [9.17, 15) is 9.59 Å². The van der Waals surface area contributed by atoms with Crippen LogP contribution in [-0.4, -0.2) is 11.8 Å². The molecule has 3 aromatic carbocycles. The van der Waals surface area contributed by atoms with E-state index in [2.05, 4.69) is 19.2 Å². The SMILES string of the molecule is CC(C)c1ccc(NC2=C(Sc3ccc(Cl)cc3)C(=O)N(c3ccc(Cl)c(Cl)c3)C2=O)cc1. The molecular weight excluding hydrogens is 499 g/mol. The Kier molecular flexibility index (Phi) is 7.05. The molecule has 4 nitrogen and oxygen atoms in total. The van der Waals surface area contributed by atoms with E-state index in [0.717, 1.165) is 9.80 Å². The fourth-order valence-corrected chi connectivity index (χ4v) is 4.63. The minimum absolute atomic E-state index is 0.198. The van der Waals surface area contributed by atoms with Crippen molar-refractivity contribution in [1.82, 2.24) is 0 Å². The number of anilines is 2. The molecule has 0 aromatic heterocycles. The molecule has 0 aliphatic carbocycles. The summed E-state index contributed by atoms with van der Waals surface area (Å²) in [6.45, 7) is 4.22. The number of amides is 2. The van der Waals surface area contributed by atoms with Crippen LogP contribution in [0.15, 0.2) is 82.2 Å². The molecule has 0 fully saturated rings. The Balaban J connectivity index is 1.72. The van der Waals surface area contributed by atoms with Gasteiger partial charge in [-0.25, -0.2) is 4.90 Å². The number of halogens is 3. The summed E-state index contributed by atoms with van der Waals surface area (Å²) in [5, 5.41) is 4.34. The predicted octanol–water partition coefficient (Wildman–Crippen LogP) is 7.76. The van der Waals surface area contributed by atoms with Crippen LogP contribution < -0.4 is 10.2 Å². The van der Waals surface area contributed by atoms with Crippen LogP contribution in [0.2, 0.25) is 15.1 Å². The number of benzene rings is 3. The number of imide groups is 1. The van der Waals surface area contributed by atoms with Crippen LogP contribution >= 0.6 is 46.6 Å². The average Bonchev–Trinajstić information content (AvgIpc) is 3.01. The Morgan fingerprint density at radius 2 is 1.48 bits per heavy atom. The molecule has 33 heavy (non-hydrogen) atoms. The number of hydrogen-bond donors (Lipinski definition) is 1. The largest absolute Gasteiger partial charge is 0.350 e. The molecule has 8 heteroatoms. The van der Waals surface area contributed by atoms with E-state index in [4.69, 9.17) is 34.8 Å². The fraction of sp³-hybridized carbons (Fsp3) is 0.120. The number of rotatable bonds is 6. The Bertz CT molecular complexity index is 1260. The highest BCUT2D eigenvalue weighted by Gasteiger charge is 2.40. The third-order valence-electron chi connectivity index (χ3n) is 5.08. The summed E-state index contributed by atoms with van der Waals surface area (Å²) >= 11 is 19.4. The van der Waals surface area contributed by atoms with E-state index in [1.54, 1.807) is 36.4 Å². The monoisotopic (exact) mass is 516 g/mol. The quantitative estimate of drug-likeness (QED) is 0.339. The first-order chi connectivity index (χ1) is 15.7. The molecule has 1 aliphatic rings. The summed E-state index contributed by atoms with van der Waals surface area (Å²) in [6.07, 6.45) is 0. The minimum atomic E-state index is -0.470. The standard InChI is InChI=1S/C25H19Cl3N2O2S/c1-14(2)15-3-7-17(8-4-15)29-22-23(33-19-10-5-16(26)6-11-19)25(32)30(24(22)31)18-9-12-20(27)21(28)13-18/h3-14,29H,1-2H3. The molecule has 3 aromatic rings. The van der Waals surface area contributed by atoms with Crippen molar-refractivity contribution in [1.29, 1.82) is 0 Å². The lowest BCUT2D eigenvalue weighted by molar-refractivity contribution is -0.120. The molecule has 1 heterocycles. The zero-order valence-electron chi connectivity index (χ0n) is 17.7. The lowest BCUT2D eigenvalue weighted by Gasteiger charge is -2.16. The summed E-state index contributed by atoms with van der Waals surface area (Å²) in [5.41, 5.74) is 2.43. The maximum atomic E-state index is 13.4. The van der Waals surface area contributed by atoms with Gasteiger partial charge in [-0.05, 0) is 66.1 Å². The topological polar surface area (TPSA) is 49.4 Å². The summed E-state index contributed by atoms with van der Waals surface area (Å²) in [7, 11) is 0. The smallest absolute Gasteiger partial charge is 0.283 e. The van der Waals surface area contributed by atoms with Crippen molar-refractivity contribution in [2.75, 3.05) is 10.2 Å². The van der Waals surface area contributed by atoms with Gasteiger partial charge < -0.3 is 5.32 Å². The maximum absolute atomic E-state index is 13.4. The van der Waals surface area contributed by atoms with Crippen LogP contribution in [0.3, 0.4) is 0 Å². The van der Waals surface area contributed by atoms with E-state index < -0.39 is 11.8 Å². The summed E-state index contributed by atoms with van der Waals surface area (Å²) < 4.78 is 0. The third-order valence-corrected chi connectivity index (χ3v) is 7.16. The molecule has 1 aliphatic heterocycles. The van der Waals surface area contributed by atoms with Crippen LogP contribution in [0.5, 0.6) is 0 Å². The molecule has 0 unspecified atom stereocenters. The molecule has 1 N–H and O–H groups in total. The number of carbonyl (C=O) groups is 2. The normalized spacial score (nSPS) is 13.9. The van der Waals surface area contributed by atoms with Gasteiger partial charge in [-0.3, -0.25) is 9.59 Å². The van der Waals surface area contributed by atoms with E-state index in [1.807, 2.05) is 24.3 Å². The van der Waals surface area contributed by atoms with Crippen LogP contribution in [-0.2, 0) is 9.59 Å². The van der Waals surface area contributed by atoms with Gasteiger partial charge in [0.15, 0.2) is 0 Å². The summed E-state index contributed by atoms with van der Waals surface area (Å²) in [4.78, 5) is 29.0. The van der Waals surface area contributed by atoms with Crippen molar-refractivity contribution < 1.29 is 9.59 Å². The van der Waals surface area contributed by atoms with Crippen LogP contribution in [0.1, 0.15) is 25.3 Å². The molecule has 0 bridgehead atoms. The van der Waals surface area contributed by atoms with Crippen LogP contribution in [0.4, 0.5) is 11.4 Å². The minimum Gasteiger partial charge on any atom is -0.350 e. The fourth-order valence-electron chi connectivity index (χ4n) is 3.29. The first-order valence-corrected chi connectivity index (χ1v) is 12.1. The number of nitrogens with zero attached hydrogens (tertiary/aromatic N) is 1. The molecule has 0 atom stereocenters. The molecule has 168 valence electrons. The van der Waals surface area contributed by atoms with Crippen molar-refractivity contribution in [3.8, 4) is 0 Å². The molecule has 0 radical (unpaired) electrons. The predicted molar refractivity (Wildman–Crippen MR) is 137 cm³/mol. The Hall–Kier alpha value is -2.44. The Labute approximate surface area is 211 Å². The average molecular weight is 518 g/mol. The molecular formula is C25H19Cl3N2O2S. The zero-order valence-corrected chi connectivity index (χ0v) is 20.8. The molecule has 4 rings (SSSR count). The second-order valence-electron chi connectivity index (χ2n) is 7.71. The maximum Gasteiger partial charge on any atom is 0.283 e. The van der Waals surface area contributed by atoms with Gasteiger partial charge in [0.25, 0.3) is 11.8 Å². The summed E-state index contributed by atoms with van der Waals surface area (Å²) in [5.74, 6) is -0.531. The van der Waals surface area contributed by atoms with Gasteiger partial charge in [0.2, 0.25) is 0 Å². The van der Waals surface area contributed by atoms with Gasteiger partial charge in [-0.1, -0.05) is 72.5 Å². The van der Waals surface area contributed by atoms with Crippen molar-refractivity contribution in [3.63, 3.8) is 0 Å². The first-order valence-electron chi connectivity index (χ1n) is 10.1. The lowest BCUT2D eigenvalue weighted by atomic mass is 10.0.